The predicted octanol–water partition coefficient (Wildman–Crippen LogP) is 1.71. The molecule has 1 heterocycles. The Kier molecular flexibility index (Phi) is 6.85. The van der Waals surface area contributed by atoms with Crippen molar-refractivity contribution in [2.75, 3.05) is 25.0 Å². The molecule has 2 fully saturated rings. The molecule has 0 aromatic heterocycles. The molecule has 2 atom stereocenters. The molecule has 2 unspecified atom stereocenters. The van der Waals surface area contributed by atoms with Gasteiger partial charge in [0.25, 0.3) is 5.91 Å². The van der Waals surface area contributed by atoms with Crippen LogP contribution < -0.4 is 15.4 Å². The summed E-state index contributed by atoms with van der Waals surface area (Å²) < 4.78 is 5.41. The number of amides is 4. The van der Waals surface area contributed by atoms with Crippen LogP contribution in [0.25, 0.3) is 0 Å². The number of rotatable bonds is 8. The van der Waals surface area contributed by atoms with E-state index >= 15 is 0 Å². The lowest BCUT2D eigenvalue weighted by Crippen LogP contribution is -2.34. The lowest BCUT2D eigenvalue weighted by molar-refractivity contribution is -0.140. The quantitative estimate of drug-likeness (QED) is 0.645. The van der Waals surface area contributed by atoms with Gasteiger partial charge >= 0.3 is 0 Å². The predicted molar refractivity (Wildman–Crippen MR) is 106 cm³/mol. The van der Waals surface area contributed by atoms with Crippen molar-refractivity contribution in [3.05, 3.63) is 24.3 Å². The Balaban J connectivity index is 1.49. The van der Waals surface area contributed by atoms with E-state index in [4.69, 9.17) is 4.74 Å². The molecular weight excluding hydrogens is 374 g/mol. The molecule has 8 nitrogen and oxygen atoms in total. The lowest BCUT2D eigenvalue weighted by atomic mass is 9.81. The summed E-state index contributed by atoms with van der Waals surface area (Å²) in [5.74, 6) is -0.704. The zero-order valence-electron chi connectivity index (χ0n) is 16.6. The van der Waals surface area contributed by atoms with E-state index in [-0.39, 0.29) is 55.0 Å². The van der Waals surface area contributed by atoms with Gasteiger partial charge in [0.1, 0.15) is 5.75 Å². The standard InChI is InChI=1S/C21H27N3O5/c1-2-22-19(26)13-29-15-7-5-6-14(12-15)23-18(25)10-11-24-20(27)16-8-3-4-9-17(16)21(24)28/h5-7,12,16-17H,2-4,8-11,13H2,1H3,(H,22,26)(H,23,25). The maximum atomic E-state index is 12.5. The highest BCUT2D eigenvalue weighted by Gasteiger charge is 2.47. The Morgan fingerprint density at radius 2 is 1.79 bits per heavy atom. The minimum atomic E-state index is -0.290. The van der Waals surface area contributed by atoms with Gasteiger partial charge in [-0.1, -0.05) is 18.9 Å². The highest BCUT2D eigenvalue weighted by molar-refractivity contribution is 6.05. The molecule has 156 valence electrons. The molecule has 0 radical (unpaired) electrons. The van der Waals surface area contributed by atoms with Gasteiger partial charge in [-0.15, -0.1) is 0 Å². The van der Waals surface area contributed by atoms with Gasteiger partial charge in [-0.05, 0) is 31.9 Å². The number of nitrogens with one attached hydrogen (secondary N) is 2. The smallest absolute Gasteiger partial charge is 0.257 e. The van der Waals surface area contributed by atoms with E-state index in [0.29, 0.717) is 18.0 Å². The van der Waals surface area contributed by atoms with Crippen LogP contribution in [-0.2, 0) is 19.2 Å². The zero-order valence-corrected chi connectivity index (χ0v) is 16.6. The molecule has 29 heavy (non-hydrogen) atoms. The van der Waals surface area contributed by atoms with Crippen LogP contribution in [0.5, 0.6) is 5.75 Å². The SMILES string of the molecule is CCNC(=O)COc1cccc(NC(=O)CCN2C(=O)C3CCCCC3C2=O)c1. The number of imide groups is 1. The normalized spacial score (nSPS) is 20.9. The van der Waals surface area contributed by atoms with Gasteiger partial charge in [0.05, 0.1) is 11.8 Å². The van der Waals surface area contributed by atoms with Crippen molar-refractivity contribution in [1.82, 2.24) is 10.2 Å². The Morgan fingerprint density at radius 3 is 2.45 bits per heavy atom. The summed E-state index contributed by atoms with van der Waals surface area (Å²) in [4.78, 5) is 49.9. The third-order valence-electron chi connectivity index (χ3n) is 5.36. The number of anilines is 1. The number of carbonyl (C=O) groups is 4. The summed E-state index contributed by atoms with van der Waals surface area (Å²) in [7, 11) is 0. The molecule has 1 aliphatic carbocycles. The van der Waals surface area contributed by atoms with E-state index in [1.807, 2.05) is 6.92 Å². The van der Waals surface area contributed by atoms with Crippen LogP contribution in [0.2, 0.25) is 0 Å². The number of likely N-dealkylation sites (tertiary alicyclic amines) is 1. The average molecular weight is 401 g/mol. The summed E-state index contributed by atoms with van der Waals surface area (Å²) in [6, 6.07) is 6.73. The average Bonchev–Trinajstić information content (AvgIpc) is 2.96. The van der Waals surface area contributed by atoms with E-state index in [1.165, 1.54) is 4.90 Å². The van der Waals surface area contributed by atoms with E-state index in [2.05, 4.69) is 10.6 Å². The van der Waals surface area contributed by atoms with Crippen LogP contribution >= 0.6 is 0 Å². The van der Waals surface area contributed by atoms with Gasteiger partial charge < -0.3 is 15.4 Å². The first-order valence-corrected chi connectivity index (χ1v) is 10.1. The number of fused-ring (bicyclic) bond motifs is 1. The zero-order chi connectivity index (χ0) is 20.8. The number of hydrogen-bond donors (Lipinski definition) is 2. The number of carbonyl (C=O) groups excluding carboxylic acids is 4. The van der Waals surface area contributed by atoms with Crippen molar-refractivity contribution in [2.45, 2.75) is 39.0 Å². The number of ether oxygens (including phenoxy) is 1. The van der Waals surface area contributed by atoms with Crippen molar-refractivity contribution in [1.29, 1.82) is 0 Å². The number of hydrogen-bond acceptors (Lipinski definition) is 5. The molecule has 2 aliphatic rings. The maximum absolute atomic E-state index is 12.5. The molecule has 0 bridgehead atoms. The molecule has 1 aromatic rings. The highest BCUT2D eigenvalue weighted by atomic mass is 16.5. The van der Waals surface area contributed by atoms with E-state index < -0.39 is 0 Å². The lowest BCUT2D eigenvalue weighted by Gasteiger charge is -2.19. The largest absolute Gasteiger partial charge is 0.484 e. The molecule has 2 N–H and O–H groups in total. The number of benzene rings is 1. The van der Waals surface area contributed by atoms with Crippen molar-refractivity contribution in [3.8, 4) is 5.75 Å². The van der Waals surface area contributed by atoms with Crippen LogP contribution in [0, 0.1) is 11.8 Å². The number of nitrogens with zero attached hydrogens (tertiary/aromatic N) is 1. The second-order valence-electron chi connectivity index (χ2n) is 7.39. The molecule has 1 aliphatic heterocycles. The Labute approximate surface area is 170 Å². The van der Waals surface area contributed by atoms with Crippen molar-refractivity contribution in [3.63, 3.8) is 0 Å². The van der Waals surface area contributed by atoms with Crippen molar-refractivity contribution >= 4 is 29.3 Å². The molecule has 1 saturated heterocycles. The number of likely N-dealkylation sites (N-methyl/N-ethyl adjacent to an activating group) is 1. The molecule has 8 heteroatoms. The van der Waals surface area contributed by atoms with Crippen LogP contribution in [0.3, 0.4) is 0 Å². The fourth-order valence-corrected chi connectivity index (χ4v) is 3.95. The fourth-order valence-electron chi connectivity index (χ4n) is 3.95. The third kappa shape index (κ3) is 5.13. The summed E-state index contributed by atoms with van der Waals surface area (Å²) in [6.45, 7) is 2.35. The van der Waals surface area contributed by atoms with E-state index in [0.717, 1.165) is 25.7 Å². The van der Waals surface area contributed by atoms with Crippen LogP contribution in [0.1, 0.15) is 39.0 Å². The maximum Gasteiger partial charge on any atom is 0.257 e. The van der Waals surface area contributed by atoms with E-state index in [9.17, 15) is 19.2 Å². The minimum absolute atomic E-state index is 0.0426. The van der Waals surface area contributed by atoms with Crippen LogP contribution in [0.4, 0.5) is 5.69 Å². The van der Waals surface area contributed by atoms with Crippen LogP contribution in [-0.4, -0.2) is 48.2 Å². The molecule has 1 saturated carbocycles. The summed E-state index contributed by atoms with van der Waals surface area (Å²) in [6.07, 6.45) is 3.53. The van der Waals surface area contributed by atoms with Gasteiger partial charge in [0, 0.05) is 31.3 Å². The molecule has 1 aromatic carbocycles. The first-order valence-electron chi connectivity index (χ1n) is 10.1. The summed E-state index contributed by atoms with van der Waals surface area (Å²) in [5.41, 5.74) is 0.524. The topological polar surface area (TPSA) is 105 Å². The van der Waals surface area contributed by atoms with Gasteiger partial charge in [-0.2, -0.15) is 0 Å². The Hall–Kier alpha value is -2.90. The minimum Gasteiger partial charge on any atom is -0.484 e. The summed E-state index contributed by atoms with van der Waals surface area (Å²) in [5, 5.41) is 5.38. The third-order valence-corrected chi connectivity index (χ3v) is 5.36. The molecule has 3 rings (SSSR count). The molecule has 4 amide bonds. The first-order chi connectivity index (χ1) is 14.0. The Bertz CT molecular complexity index is 770. The fraction of sp³-hybridized carbons (Fsp3) is 0.524. The van der Waals surface area contributed by atoms with Gasteiger partial charge in [0.15, 0.2) is 6.61 Å². The van der Waals surface area contributed by atoms with Gasteiger partial charge in [-0.3, -0.25) is 24.1 Å². The molecule has 0 spiro atoms. The van der Waals surface area contributed by atoms with Gasteiger partial charge in [0.2, 0.25) is 17.7 Å². The summed E-state index contributed by atoms with van der Waals surface area (Å²) >= 11 is 0. The van der Waals surface area contributed by atoms with Crippen molar-refractivity contribution in [2.24, 2.45) is 11.8 Å². The molecular formula is C21H27N3O5. The monoisotopic (exact) mass is 401 g/mol. The second kappa shape index (κ2) is 9.54. The van der Waals surface area contributed by atoms with Crippen LogP contribution in [0.15, 0.2) is 24.3 Å². The van der Waals surface area contributed by atoms with Crippen molar-refractivity contribution < 1.29 is 23.9 Å². The van der Waals surface area contributed by atoms with E-state index in [1.54, 1.807) is 24.3 Å². The highest BCUT2D eigenvalue weighted by Crippen LogP contribution is 2.37. The Morgan fingerprint density at radius 1 is 1.10 bits per heavy atom. The first kappa shape index (κ1) is 20.8. The van der Waals surface area contributed by atoms with Gasteiger partial charge in [-0.25, -0.2) is 0 Å². The second-order valence-corrected chi connectivity index (χ2v) is 7.39.